The van der Waals surface area contributed by atoms with Crippen molar-refractivity contribution in [2.24, 2.45) is 5.92 Å². The minimum Gasteiger partial charge on any atom is -0.372 e. The predicted molar refractivity (Wildman–Crippen MR) is 138 cm³/mol. The van der Waals surface area contributed by atoms with E-state index in [9.17, 15) is 4.79 Å². The van der Waals surface area contributed by atoms with E-state index >= 15 is 0 Å². The van der Waals surface area contributed by atoms with E-state index in [4.69, 9.17) is 5.26 Å². The molecule has 5 nitrogen and oxygen atoms in total. The first kappa shape index (κ1) is 23.4. The summed E-state index contributed by atoms with van der Waals surface area (Å²) in [5.74, 6) is 0.765. The van der Waals surface area contributed by atoms with Crippen molar-refractivity contribution in [1.82, 2.24) is 5.32 Å². The van der Waals surface area contributed by atoms with Crippen molar-refractivity contribution in [2.45, 2.75) is 32.1 Å². The van der Waals surface area contributed by atoms with Gasteiger partial charge in [0.1, 0.15) is 0 Å². The Morgan fingerprint density at radius 1 is 0.941 bits per heavy atom. The summed E-state index contributed by atoms with van der Waals surface area (Å²) < 4.78 is 0. The maximum Gasteiger partial charge on any atom is 0.319 e. The summed E-state index contributed by atoms with van der Waals surface area (Å²) in [7, 11) is 0. The Kier molecular flexibility index (Phi) is 8.18. The van der Waals surface area contributed by atoms with Crippen LogP contribution in [0.4, 0.5) is 16.2 Å². The minimum atomic E-state index is -0.248. The first-order valence-corrected chi connectivity index (χ1v) is 12.1. The molecule has 3 aromatic carbocycles. The number of hydrogen-bond donors (Lipinski definition) is 2. The Morgan fingerprint density at radius 3 is 2.50 bits per heavy atom. The van der Waals surface area contributed by atoms with Gasteiger partial charge in [-0.05, 0) is 79.5 Å². The van der Waals surface area contributed by atoms with Crippen molar-refractivity contribution in [3.8, 4) is 6.07 Å². The van der Waals surface area contributed by atoms with Crippen LogP contribution in [0.3, 0.4) is 0 Å². The Bertz CT molecular complexity index is 1110. The predicted octanol–water partition coefficient (Wildman–Crippen LogP) is 5.77. The molecule has 0 unspecified atom stereocenters. The third-order valence-corrected chi connectivity index (χ3v) is 6.43. The van der Waals surface area contributed by atoms with Crippen LogP contribution >= 0.6 is 0 Å². The van der Waals surface area contributed by atoms with Gasteiger partial charge >= 0.3 is 6.03 Å². The van der Waals surface area contributed by atoms with Crippen LogP contribution in [0.15, 0.2) is 78.9 Å². The summed E-state index contributed by atoms with van der Waals surface area (Å²) in [6.45, 7) is 2.81. The van der Waals surface area contributed by atoms with Crippen LogP contribution in [0.1, 0.15) is 36.0 Å². The highest BCUT2D eigenvalue weighted by Crippen LogP contribution is 2.26. The number of nitrogens with one attached hydrogen (secondary N) is 2. The number of carbonyl (C=O) groups excluding carboxylic acids is 1. The van der Waals surface area contributed by atoms with Crippen molar-refractivity contribution in [3.05, 3.63) is 95.6 Å². The highest BCUT2D eigenvalue weighted by molar-refractivity contribution is 5.89. The van der Waals surface area contributed by atoms with E-state index in [1.807, 2.05) is 0 Å². The SMILES string of the molecule is N#Cc1cccc(NC(=O)NCCCc2cccc(N3CCC(Cc4ccccc4)CC3)c2)c1. The van der Waals surface area contributed by atoms with E-state index in [1.54, 1.807) is 24.3 Å². The van der Waals surface area contributed by atoms with E-state index in [1.165, 1.54) is 36.1 Å². The zero-order chi connectivity index (χ0) is 23.6. The molecule has 5 heteroatoms. The molecule has 3 aromatic rings. The highest BCUT2D eigenvalue weighted by atomic mass is 16.2. The van der Waals surface area contributed by atoms with Crippen molar-refractivity contribution in [3.63, 3.8) is 0 Å². The summed E-state index contributed by atoms with van der Waals surface area (Å²) in [5, 5.41) is 14.6. The Labute approximate surface area is 202 Å². The average Bonchev–Trinajstić information content (AvgIpc) is 2.88. The number of anilines is 2. The second kappa shape index (κ2) is 11.9. The molecule has 0 aromatic heterocycles. The lowest BCUT2D eigenvalue weighted by molar-refractivity contribution is 0.252. The molecule has 0 saturated carbocycles. The molecule has 1 aliphatic heterocycles. The van der Waals surface area contributed by atoms with Gasteiger partial charge in [0.25, 0.3) is 0 Å². The van der Waals surface area contributed by atoms with Crippen molar-refractivity contribution < 1.29 is 4.79 Å². The van der Waals surface area contributed by atoms with Crippen molar-refractivity contribution in [1.29, 1.82) is 5.26 Å². The molecule has 34 heavy (non-hydrogen) atoms. The molecule has 1 aliphatic rings. The molecular formula is C29H32N4O. The van der Waals surface area contributed by atoms with Gasteiger partial charge in [0.2, 0.25) is 0 Å². The number of nitrogens with zero attached hydrogens (tertiary/aromatic N) is 2. The number of amides is 2. The fraction of sp³-hybridized carbons (Fsp3) is 0.310. The number of hydrogen-bond acceptors (Lipinski definition) is 3. The molecule has 0 bridgehead atoms. The smallest absolute Gasteiger partial charge is 0.319 e. The topological polar surface area (TPSA) is 68.2 Å². The van der Waals surface area contributed by atoms with E-state index in [2.05, 4.69) is 76.2 Å². The number of aryl methyl sites for hydroxylation is 1. The zero-order valence-electron chi connectivity index (χ0n) is 19.5. The molecule has 1 fully saturated rings. The number of nitriles is 1. The first-order chi connectivity index (χ1) is 16.7. The summed E-state index contributed by atoms with van der Waals surface area (Å²) >= 11 is 0. The van der Waals surface area contributed by atoms with Crippen LogP contribution in [-0.2, 0) is 12.8 Å². The van der Waals surface area contributed by atoms with Gasteiger partial charge in [-0.25, -0.2) is 4.79 Å². The molecule has 0 spiro atoms. The summed E-state index contributed by atoms with van der Waals surface area (Å²) in [5.41, 5.74) is 5.20. The third kappa shape index (κ3) is 6.86. The molecule has 4 rings (SSSR count). The molecule has 0 atom stereocenters. The normalized spacial score (nSPS) is 13.8. The Balaban J connectivity index is 1.19. The standard InChI is InChI=1S/C29H32N4O/c30-22-26-10-4-12-27(20-26)32-29(34)31-16-6-11-24-9-5-13-28(21-24)33-17-14-25(15-18-33)19-23-7-2-1-3-8-23/h1-5,7-10,12-13,20-21,25H,6,11,14-19H2,(H2,31,32,34). The van der Waals surface area contributed by atoms with Crippen molar-refractivity contribution in [2.75, 3.05) is 29.9 Å². The van der Waals surface area contributed by atoms with Crippen LogP contribution in [0.25, 0.3) is 0 Å². The lowest BCUT2D eigenvalue weighted by atomic mass is 9.90. The van der Waals surface area contributed by atoms with Gasteiger partial charge in [-0.3, -0.25) is 0 Å². The highest BCUT2D eigenvalue weighted by Gasteiger charge is 2.19. The first-order valence-electron chi connectivity index (χ1n) is 12.1. The van der Waals surface area contributed by atoms with Gasteiger partial charge in [0, 0.05) is 31.0 Å². The lowest BCUT2D eigenvalue weighted by Crippen LogP contribution is -2.34. The summed E-state index contributed by atoms with van der Waals surface area (Å²) in [6.07, 6.45) is 5.43. The van der Waals surface area contributed by atoms with Gasteiger partial charge in [0.15, 0.2) is 0 Å². The van der Waals surface area contributed by atoms with Crippen LogP contribution in [0.5, 0.6) is 0 Å². The monoisotopic (exact) mass is 452 g/mol. The zero-order valence-corrected chi connectivity index (χ0v) is 19.5. The van der Waals surface area contributed by atoms with Crippen LogP contribution < -0.4 is 15.5 Å². The van der Waals surface area contributed by atoms with E-state index in [0.29, 0.717) is 17.8 Å². The van der Waals surface area contributed by atoms with E-state index < -0.39 is 0 Å². The fourth-order valence-electron chi connectivity index (χ4n) is 4.59. The second-order valence-corrected chi connectivity index (χ2v) is 8.97. The van der Waals surface area contributed by atoms with Crippen LogP contribution in [0, 0.1) is 17.2 Å². The molecule has 2 N–H and O–H groups in total. The van der Waals surface area contributed by atoms with Gasteiger partial charge < -0.3 is 15.5 Å². The Hall–Kier alpha value is -3.78. The maximum atomic E-state index is 12.1. The second-order valence-electron chi connectivity index (χ2n) is 8.97. The molecule has 0 radical (unpaired) electrons. The molecule has 2 amide bonds. The van der Waals surface area contributed by atoms with E-state index in [-0.39, 0.29) is 6.03 Å². The minimum absolute atomic E-state index is 0.248. The van der Waals surface area contributed by atoms with Gasteiger partial charge in [-0.1, -0.05) is 48.5 Å². The molecular weight excluding hydrogens is 420 g/mol. The molecule has 174 valence electrons. The third-order valence-electron chi connectivity index (χ3n) is 6.43. The number of urea groups is 1. The fourth-order valence-corrected chi connectivity index (χ4v) is 4.59. The molecule has 0 aliphatic carbocycles. The van der Waals surface area contributed by atoms with Gasteiger partial charge in [-0.15, -0.1) is 0 Å². The van der Waals surface area contributed by atoms with Gasteiger partial charge in [-0.2, -0.15) is 5.26 Å². The maximum absolute atomic E-state index is 12.1. The van der Waals surface area contributed by atoms with Gasteiger partial charge in [0.05, 0.1) is 11.6 Å². The van der Waals surface area contributed by atoms with Crippen LogP contribution in [0.2, 0.25) is 0 Å². The number of carbonyl (C=O) groups is 1. The lowest BCUT2D eigenvalue weighted by Gasteiger charge is -2.34. The number of rotatable bonds is 8. The number of piperidine rings is 1. The molecule has 1 saturated heterocycles. The molecule has 1 heterocycles. The number of benzene rings is 3. The van der Waals surface area contributed by atoms with Crippen molar-refractivity contribution >= 4 is 17.4 Å². The summed E-state index contributed by atoms with van der Waals surface area (Å²) in [4.78, 5) is 14.6. The summed E-state index contributed by atoms with van der Waals surface area (Å²) in [6, 6.07) is 28.4. The Morgan fingerprint density at radius 2 is 1.71 bits per heavy atom. The van der Waals surface area contributed by atoms with E-state index in [0.717, 1.165) is 31.8 Å². The van der Waals surface area contributed by atoms with Crippen LogP contribution in [-0.4, -0.2) is 25.7 Å². The average molecular weight is 453 g/mol. The quantitative estimate of drug-likeness (QED) is 0.426. The largest absolute Gasteiger partial charge is 0.372 e.